The lowest BCUT2D eigenvalue weighted by molar-refractivity contribution is -0.315. The van der Waals surface area contributed by atoms with Crippen LogP contribution in [0.25, 0.3) is 0 Å². The number of hydrogen-bond acceptors (Lipinski definition) is 18. The number of amides is 2. The summed E-state index contributed by atoms with van der Waals surface area (Å²) < 4.78 is 16.8. The third-order valence-corrected chi connectivity index (χ3v) is 9.84. The van der Waals surface area contributed by atoms with Crippen LogP contribution in [0.5, 0.6) is 0 Å². The Morgan fingerprint density at radius 2 is 1.46 bits per heavy atom. The number of carbonyl (C=O) groups excluding carboxylic acids is 2. The predicted molar refractivity (Wildman–Crippen MR) is 154 cm³/mol. The van der Waals surface area contributed by atoms with Gasteiger partial charge >= 0.3 is 0 Å². The Labute approximate surface area is 268 Å². The van der Waals surface area contributed by atoms with E-state index in [9.17, 15) is 65.8 Å². The molecule has 3 aliphatic rings. The van der Waals surface area contributed by atoms with E-state index in [1.54, 1.807) is 0 Å². The van der Waals surface area contributed by atoms with Crippen molar-refractivity contribution in [3.8, 4) is 0 Å². The molecule has 0 radical (unpaired) electrons. The number of thioether (sulfide) groups is 1. The van der Waals surface area contributed by atoms with Crippen LogP contribution in [0.1, 0.15) is 20.8 Å². The third kappa shape index (κ3) is 8.45. The number of nitrogens with two attached hydrogens (primary N) is 1. The number of carbonyl (C=O) groups is 2. The molecule has 2 saturated heterocycles. The highest BCUT2D eigenvalue weighted by Gasteiger charge is 2.53. The molecule has 0 spiro atoms. The van der Waals surface area contributed by atoms with Gasteiger partial charge in [-0.1, -0.05) is 6.92 Å². The summed E-state index contributed by atoms with van der Waals surface area (Å²) in [4.78, 5) is 25.5. The van der Waals surface area contributed by atoms with Crippen molar-refractivity contribution < 1.29 is 80.0 Å². The van der Waals surface area contributed by atoms with Crippen LogP contribution in [-0.4, -0.2) is 190 Å². The standard InChI is InChI=1S/C26H47N3O16S/c1-6-13(33)18(38)23(19(39)14(6)34)44-25-12(16(36)15(35)10(4-30)43-25)29-24(42)9(28-8(3)32)5-46-26-21(41)17(37)20(40)22(45-26)11(27)7(2)31/h6-7,9-23,25-26,30-31,33-41H,4-5,27H2,1-3H3,(H,28,32)(H,29,42)/t6?,7-,9?,10?,11-,12?,13?,14?,15-,16-,17+,18-,19?,20-,21?,22?,23?,25-,26-/m1/s1. The van der Waals surface area contributed by atoms with Gasteiger partial charge in [0, 0.05) is 18.6 Å². The Morgan fingerprint density at radius 1 is 0.870 bits per heavy atom. The summed E-state index contributed by atoms with van der Waals surface area (Å²) in [6.07, 6.45) is -22.9. The van der Waals surface area contributed by atoms with Crippen LogP contribution in [-0.2, 0) is 23.8 Å². The van der Waals surface area contributed by atoms with Crippen molar-refractivity contribution in [3.05, 3.63) is 0 Å². The summed E-state index contributed by atoms with van der Waals surface area (Å²) >= 11 is 0.735. The minimum absolute atomic E-state index is 0.347. The third-order valence-electron chi connectivity index (χ3n) is 8.60. The molecule has 0 aromatic heterocycles. The molecule has 0 aromatic rings. The highest BCUT2D eigenvalue weighted by atomic mass is 32.2. The lowest BCUT2D eigenvalue weighted by Gasteiger charge is -2.47. The topological polar surface area (TPSA) is 334 Å². The molecule has 19 atom stereocenters. The molecule has 20 heteroatoms. The van der Waals surface area contributed by atoms with Crippen LogP contribution in [0.15, 0.2) is 0 Å². The number of aliphatic hydroxyl groups is 11. The second-order valence-electron chi connectivity index (χ2n) is 12.0. The van der Waals surface area contributed by atoms with E-state index in [0.717, 1.165) is 18.7 Å². The van der Waals surface area contributed by atoms with Gasteiger partial charge in [-0.05, 0) is 6.92 Å². The molecule has 46 heavy (non-hydrogen) atoms. The van der Waals surface area contributed by atoms with Crippen LogP contribution in [0.2, 0.25) is 0 Å². The largest absolute Gasteiger partial charge is 0.394 e. The van der Waals surface area contributed by atoms with Crippen molar-refractivity contribution in [1.29, 1.82) is 0 Å². The van der Waals surface area contributed by atoms with Gasteiger partial charge in [-0.25, -0.2) is 0 Å². The Kier molecular flexibility index (Phi) is 13.9. The van der Waals surface area contributed by atoms with Crippen LogP contribution in [0.4, 0.5) is 0 Å². The summed E-state index contributed by atoms with van der Waals surface area (Å²) in [6, 6.07) is -4.29. The second-order valence-corrected chi connectivity index (χ2v) is 13.1. The monoisotopic (exact) mass is 689 g/mol. The second kappa shape index (κ2) is 16.4. The van der Waals surface area contributed by atoms with Gasteiger partial charge in [-0.3, -0.25) is 9.59 Å². The summed E-state index contributed by atoms with van der Waals surface area (Å²) in [5.74, 6) is -3.00. The van der Waals surface area contributed by atoms with Gasteiger partial charge in [0.15, 0.2) is 6.29 Å². The van der Waals surface area contributed by atoms with Crippen LogP contribution < -0.4 is 16.4 Å². The van der Waals surface area contributed by atoms with Gasteiger partial charge in [0.25, 0.3) is 0 Å². The summed E-state index contributed by atoms with van der Waals surface area (Å²) in [5.41, 5.74) is 4.58. The Hall–Kier alpha value is -1.31. The molecule has 2 heterocycles. The quantitative estimate of drug-likeness (QED) is 0.0957. The van der Waals surface area contributed by atoms with Crippen molar-refractivity contribution in [1.82, 2.24) is 10.6 Å². The first-order chi connectivity index (χ1) is 21.4. The van der Waals surface area contributed by atoms with Crippen molar-refractivity contribution in [2.45, 2.75) is 130 Å². The molecule has 10 unspecified atom stereocenters. The van der Waals surface area contributed by atoms with E-state index in [2.05, 4.69) is 10.6 Å². The molecule has 0 bridgehead atoms. The smallest absolute Gasteiger partial charge is 0.243 e. The molecular formula is C26H47N3O16S. The van der Waals surface area contributed by atoms with Crippen molar-refractivity contribution >= 4 is 23.6 Å². The first kappa shape index (κ1) is 39.1. The molecule has 268 valence electrons. The Bertz CT molecular complexity index is 1000. The lowest BCUT2D eigenvalue weighted by Crippen LogP contribution is -2.69. The zero-order valence-electron chi connectivity index (χ0n) is 25.3. The van der Waals surface area contributed by atoms with E-state index in [-0.39, 0.29) is 5.75 Å². The number of rotatable bonds is 11. The summed E-state index contributed by atoms with van der Waals surface area (Å²) in [5, 5.41) is 119. The highest BCUT2D eigenvalue weighted by molar-refractivity contribution is 7.99. The fraction of sp³-hybridized carbons (Fsp3) is 0.923. The minimum Gasteiger partial charge on any atom is -0.394 e. The van der Waals surface area contributed by atoms with Gasteiger partial charge in [0.1, 0.15) is 78.6 Å². The average Bonchev–Trinajstić information content (AvgIpc) is 3.01. The van der Waals surface area contributed by atoms with Crippen LogP contribution in [0, 0.1) is 5.92 Å². The Morgan fingerprint density at radius 3 is 1.98 bits per heavy atom. The van der Waals surface area contributed by atoms with E-state index in [0.29, 0.717) is 0 Å². The number of ether oxygens (including phenoxy) is 3. The first-order valence-corrected chi connectivity index (χ1v) is 15.8. The zero-order chi connectivity index (χ0) is 34.8. The molecule has 3 rings (SSSR count). The molecule has 15 N–H and O–H groups in total. The maximum atomic E-state index is 13.5. The maximum Gasteiger partial charge on any atom is 0.243 e. The van der Waals surface area contributed by atoms with Gasteiger partial charge in [0.2, 0.25) is 11.8 Å². The van der Waals surface area contributed by atoms with Crippen LogP contribution >= 0.6 is 11.8 Å². The van der Waals surface area contributed by atoms with Gasteiger partial charge < -0.3 is 86.7 Å². The zero-order valence-corrected chi connectivity index (χ0v) is 26.1. The molecule has 0 aromatic carbocycles. The first-order valence-electron chi connectivity index (χ1n) is 14.7. The van der Waals surface area contributed by atoms with Gasteiger partial charge in [0.05, 0.1) is 31.0 Å². The molecular weight excluding hydrogens is 642 g/mol. The molecule has 1 saturated carbocycles. The van der Waals surface area contributed by atoms with E-state index >= 15 is 0 Å². The minimum atomic E-state index is -1.89. The molecule has 2 aliphatic heterocycles. The van der Waals surface area contributed by atoms with Crippen LogP contribution in [0.3, 0.4) is 0 Å². The normalized spacial score (nSPS) is 45.4. The van der Waals surface area contributed by atoms with E-state index < -0.39 is 134 Å². The van der Waals surface area contributed by atoms with E-state index in [4.69, 9.17) is 19.9 Å². The summed E-state index contributed by atoms with van der Waals surface area (Å²) in [6.45, 7) is 2.98. The Balaban J connectivity index is 1.80. The van der Waals surface area contributed by atoms with E-state index in [1.165, 1.54) is 13.8 Å². The molecule has 1 aliphatic carbocycles. The SMILES string of the molecule is CC(=O)NC(CS[C@H]1OC([C@H](N)[C@@H](C)O)[C@H](O)[C@H](O)C1O)C(=O)NC1[C@@H](OC2C(O)C(O)C(C)C(O)[C@H]2O)OC(CO)[C@@H](O)[C@@H]1O. The molecule has 19 nitrogen and oxygen atoms in total. The number of aliphatic hydroxyl groups excluding tert-OH is 11. The molecule has 3 fully saturated rings. The van der Waals surface area contributed by atoms with Gasteiger partial charge in [-0.2, -0.15) is 0 Å². The maximum absolute atomic E-state index is 13.5. The molecule has 2 amide bonds. The van der Waals surface area contributed by atoms with E-state index in [1.807, 2.05) is 0 Å². The van der Waals surface area contributed by atoms with Crippen molar-refractivity contribution in [2.24, 2.45) is 11.7 Å². The van der Waals surface area contributed by atoms with Crippen molar-refractivity contribution in [3.63, 3.8) is 0 Å². The average molecular weight is 690 g/mol. The highest BCUT2D eigenvalue weighted by Crippen LogP contribution is 2.33. The summed E-state index contributed by atoms with van der Waals surface area (Å²) in [7, 11) is 0. The predicted octanol–water partition coefficient (Wildman–Crippen LogP) is -7.86. The fourth-order valence-electron chi connectivity index (χ4n) is 5.57. The van der Waals surface area contributed by atoms with Crippen molar-refractivity contribution in [2.75, 3.05) is 12.4 Å². The number of nitrogens with one attached hydrogen (secondary N) is 2. The van der Waals surface area contributed by atoms with Gasteiger partial charge in [-0.15, -0.1) is 11.8 Å². The fourth-order valence-corrected chi connectivity index (χ4v) is 6.75. The number of hydrogen-bond donors (Lipinski definition) is 14. The lowest BCUT2D eigenvalue weighted by atomic mass is 9.79.